The van der Waals surface area contributed by atoms with Crippen molar-refractivity contribution in [1.82, 2.24) is 0 Å². The predicted molar refractivity (Wildman–Crippen MR) is 362 cm³/mol. The zero-order valence-corrected chi connectivity index (χ0v) is 55.5. The van der Waals surface area contributed by atoms with Crippen molar-refractivity contribution in [1.29, 1.82) is 0 Å². The number of aliphatic hydroxyl groups excluding tert-OH is 1. The number of rotatable bonds is 70. The van der Waals surface area contributed by atoms with Crippen molar-refractivity contribution in [2.75, 3.05) is 13.2 Å². The number of ether oxygens (including phenoxy) is 2. The van der Waals surface area contributed by atoms with E-state index in [1.54, 1.807) is 0 Å². The van der Waals surface area contributed by atoms with Gasteiger partial charge in [0.1, 0.15) is 6.61 Å². The summed E-state index contributed by atoms with van der Waals surface area (Å²) in [5, 5.41) is 9.71. The molecule has 0 aromatic heterocycles. The molecule has 0 aromatic carbocycles. The monoisotopic (exact) mass is 1150 g/mol. The molecule has 0 radical (unpaired) electrons. The molecule has 5 nitrogen and oxygen atoms in total. The molecule has 1 unspecified atom stereocenters. The summed E-state index contributed by atoms with van der Waals surface area (Å²) in [7, 11) is 0. The number of esters is 2. The highest BCUT2D eigenvalue weighted by Gasteiger charge is 2.16. The molecule has 0 aliphatic carbocycles. The Hall–Kier alpha value is -2.14. The van der Waals surface area contributed by atoms with E-state index in [4.69, 9.17) is 9.47 Å². The molecule has 5 heteroatoms. The van der Waals surface area contributed by atoms with Crippen LogP contribution < -0.4 is 0 Å². The van der Waals surface area contributed by atoms with Crippen LogP contribution in [0.3, 0.4) is 0 Å². The van der Waals surface area contributed by atoms with Crippen molar-refractivity contribution in [3.8, 4) is 0 Å². The van der Waals surface area contributed by atoms with E-state index in [1.807, 2.05) is 0 Å². The molecular formula is C77H144O5. The normalized spacial score (nSPS) is 12.4. The molecule has 0 spiro atoms. The third-order valence-corrected chi connectivity index (χ3v) is 17.1. The third kappa shape index (κ3) is 70.3. The summed E-state index contributed by atoms with van der Waals surface area (Å²) < 4.78 is 10.8. The number of hydrogen-bond donors (Lipinski definition) is 1. The van der Waals surface area contributed by atoms with Gasteiger partial charge in [-0.3, -0.25) is 9.59 Å². The van der Waals surface area contributed by atoms with Crippen LogP contribution in [0.2, 0.25) is 0 Å². The summed E-state index contributed by atoms with van der Waals surface area (Å²) in [6, 6.07) is 0. The number of carbonyl (C=O) groups excluding carboxylic acids is 2. The summed E-state index contributed by atoms with van der Waals surface area (Å²) in [6.07, 6.45) is 98.9. The van der Waals surface area contributed by atoms with Gasteiger partial charge in [-0.15, -0.1) is 0 Å². The lowest BCUT2D eigenvalue weighted by atomic mass is 10.0. The van der Waals surface area contributed by atoms with Gasteiger partial charge in [-0.2, -0.15) is 0 Å². The molecule has 0 aliphatic rings. The lowest BCUT2D eigenvalue weighted by Gasteiger charge is -2.15. The molecule has 0 amide bonds. The number of unbranched alkanes of at least 4 members (excludes halogenated alkanes) is 54. The second-order valence-electron chi connectivity index (χ2n) is 25.4. The van der Waals surface area contributed by atoms with Gasteiger partial charge in [0.05, 0.1) is 6.61 Å². The minimum atomic E-state index is -0.770. The largest absolute Gasteiger partial charge is 0.462 e. The Bertz CT molecular complexity index is 1350. The fourth-order valence-corrected chi connectivity index (χ4v) is 11.5. The maximum atomic E-state index is 12.4. The van der Waals surface area contributed by atoms with Crippen LogP contribution >= 0.6 is 0 Å². The second-order valence-corrected chi connectivity index (χ2v) is 25.4. The Balaban J connectivity index is 3.38. The molecule has 0 bridgehead atoms. The number of carbonyl (C=O) groups is 2. The highest BCUT2D eigenvalue weighted by Crippen LogP contribution is 2.19. The maximum Gasteiger partial charge on any atom is 0.306 e. The van der Waals surface area contributed by atoms with Crippen molar-refractivity contribution < 1.29 is 24.2 Å². The highest BCUT2D eigenvalue weighted by molar-refractivity contribution is 5.70. The van der Waals surface area contributed by atoms with Crippen LogP contribution in [0.4, 0.5) is 0 Å². The van der Waals surface area contributed by atoms with E-state index in [-0.39, 0.29) is 25.2 Å². The van der Waals surface area contributed by atoms with E-state index >= 15 is 0 Å². The van der Waals surface area contributed by atoms with Gasteiger partial charge in [-0.1, -0.05) is 371 Å². The molecule has 0 rings (SSSR count). The van der Waals surface area contributed by atoms with Gasteiger partial charge in [0.25, 0.3) is 0 Å². The van der Waals surface area contributed by atoms with Gasteiger partial charge >= 0.3 is 11.9 Å². The number of hydrogen-bond acceptors (Lipinski definition) is 5. The molecule has 482 valence electrons. The van der Waals surface area contributed by atoms with Crippen molar-refractivity contribution in [3.05, 3.63) is 48.6 Å². The van der Waals surface area contributed by atoms with Crippen LogP contribution in [0.25, 0.3) is 0 Å². The van der Waals surface area contributed by atoms with Crippen LogP contribution in [-0.2, 0) is 19.1 Å². The molecular weight excluding hydrogens is 1000 g/mol. The van der Waals surface area contributed by atoms with Crippen LogP contribution in [0, 0.1) is 0 Å². The molecule has 1 N–H and O–H groups in total. The second kappa shape index (κ2) is 73.1. The molecule has 0 saturated heterocycles. The van der Waals surface area contributed by atoms with Gasteiger partial charge in [-0.05, 0) is 77.0 Å². The summed E-state index contributed by atoms with van der Waals surface area (Å²) in [5.74, 6) is -0.565. The predicted octanol–water partition coefficient (Wildman–Crippen LogP) is 25.9. The minimum absolute atomic E-state index is 0.0595. The van der Waals surface area contributed by atoms with E-state index in [9.17, 15) is 14.7 Å². The zero-order chi connectivity index (χ0) is 59.1. The molecule has 0 fully saturated rings. The van der Waals surface area contributed by atoms with Gasteiger partial charge in [0.2, 0.25) is 0 Å². The molecule has 0 heterocycles. The topological polar surface area (TPSA) is 72.8 Å². The smallest absolute Gasteiger partial charge is 0.306 e. The average molecular weight is 1150 g/mol. The van der Waals surface area contributed by atoms with Crippen LogP contribution in [0.1, 0.15) is 412 Å². The van der Waals surface area contributed by atoms with Crippen molar-refractivity contribution in [3.63, 3.8) is 0 Å². The number of allylic oxidation sites excluding steroid dienone is 8. The average Bonchev–Trinajstić information content (AvgIpc) is 3.49. The van der Waals surface area contributed by atoms with E-state index in [2.05, 4.69) is 62.5 Å². The van der Waals surface area contributed by atoms with Crippen molar-refractivity contribution >= 4 is 11.9 Å². The Labute approximate surface area is 513 Å². The third-order valence-electron chi connectivity index (χ3n) is 17.1. The highest BCUT2D eigenvalue weighted by atomic mass is 16.6. The molecule has 0 saturated carbocycles. The van der Waals surface area contributed by atoms with Crippen LogP contribution in [0.15, 0.2) is 48.6 Å². The van der Waals surface area contributed by atoms with Crippen molar-refractivity contribution in [2.24, 2.45) is 0 Å². The Kier molecular flexibility index (Phi) is 71.2. The fraction of sp³-hybridized carbons (Fsp3) is 0.870. The lowest BCUT2D eigenvalue weighted by molar-refractivity contribution is -0.161. The summed E-state index contributed by atoms with van der Waals surface area (Å²) >= 11 is 0. The van der Waals surface area contributed by atoms with Crippen molar-refractivity contribution in [2.45, 2.75) is 418 Å². The summed E-state index contributed by atoms with van der Waals surface area (Å²) in [6.45, 7) is 4.19. The van der Waals surface area contributed by atoms with E-state index in [0.717, 1.165) is 51.4 Å². The van der Waals surface area contributed by atoms with E-state index in [0.29, 0.717) is 12.8 Å². The SMILES string of the molecule is CCCCCCC/C=C\C/C=C\C/C=C\CCCCCCCCCCCCCCCCCCCCCCCCCCC(=O)OC(CO)COC(=O)CCCCCCCCCCCCCCCCCCC/C=C\CCCCCCCCCC. The quantitative estimate of drug-likeness (QED) is 0.0373. The van der Waals surface area contributed by atoms with Crippen LogP contribution in [0.5, 0.6) is 0 Å². The maximum absolute atomic E-state index is 12.4. The first kappa shape index (κ1) is 79.9. The Morgan fingerprint density at radius 2 is 0.488 bits per heavy atom. The van der Waals surface area contributed by atoms with E-state index < -0.39 is 6.10 Å². The summed E-state index contributed by atoms with van der Waals surface area (Å²) in [4.78, 5) is 24.7. The van der Waals surface area contributed by atoms with Gasteiger partial charge in [0, 0.05) is 12.8 Å². The molecule has 0 aromatic rings. The first-order valence-electron chi connectivity index (χ1n) is 37.2. The zero-order valence-electron chi connectivity index (χ0n) is 55.5. The lowest BCUT2D eigenvalue weighted by Crippen LogP contribution is -2.28. The molecule has 82 heavy (non-hydrogen) atoms. The van der Waals surface area contributed by atoms with Crippen LogP contribution in [-0.4, -0.2) is 36.4 Å². The molecule has 0 aliphatic heterocycles. The number of aliphatic hydroxyl groups is 1. The first-order chi connectivity index (χ1) is 40.6. The Morgan fingerprint density at radius 1 is 0.280 bits per heavy atom. The first-order valence-corrected chi connectivity index (χ1v) is 37.2. The Morgan fingerprint density at radius 3 is 0.744 bits per heavy atom. The standard InChI is InChI=1S/C77H144O5/c1-3-5-7-9-11-13-15-17-19-21-23-25-27-29-31-33-34-35-36-37-38-39-40-41-42-44-46-48-50-52-54-56-58-60-62-64-66-68-70-72-77(80)82-75(73-78)74-81-76(79)71-69-67-65-63-61-59-57-55-53-51-49-47-45-43-32-30-28-26-24-22-20-18-16-14-12-10-8-6-4-2/h15,17,21-24,27,29,75,78H,3-14,16,18-20,25-26,28,30-74H2,1-2H3/b17-15-,23-21-,24-22-,29-27-. The van der Waals surface area contributed by atoms with Gasteiger partial charge in [0.15, 0.2) is 6.10 Å². The summed E-state index contributed by atoms with van der Waals surface area (Å²) in [5.41, 5.74) is 0. The van der Waals surface area contributed by atoms with Gasteiger partial charge < -0.3 is 14.6 Å². The van der Waals surface area contributed by atoms with Gasteiger partial charge in [-0.25, -0.2) is 0 Å². The molecule has 1 atom stereocenters. The minimum Gasteiger partial charge on any atom is -0.462 e. The van der Waals surface area contributed by atoms with E-state index in [1.165, 1.54) is 334 Å². The fourth-order valence-electron chi connectivity index (χ4n) is 11.5.